The number of anilines is 1. The van der Waals surface area contributed by atoms with Gasteiger partial charge in [0.05, 0.1) is 15.6 Å². The molecule has 0 aliphatic rings. The third kappa shape index (κ3) is 3.32. The fourth-order valence-corrected chi connectivity index (χ4v) is 1.95. The van der Waals surface area contributed by atoms with E-state index in [1.807, 2.05) is 0 Å². The van der Waals surface area contributed by atoms with Crippen molar-refractivity contribution in [1.82, 2.24) is 0 Å². The number of amides is 1. The maximum absolute atomic E-state index is 12.0. The zero-order chi connectivity index (χ0) is 14.0. The van der Waals surface area contributed by atoms with Crippen molar-refractivity contribution >= 4 is 46.4 Å². The molecule has 0 aliphatic heterocycles. The lowest BCUT2D eigenvalue weighted by Crippen LogP contribution is -2.12. The number of aromatic hydroxyl groups is 1. The summed E-state index contributed by atoms with van der Waals surface area (Å²) in [6, 6.07) is 8.99. The molecule has 0 atom stereocenters. The Morgan fingerprint density at radius 2 is 1.68 bits per heavy atom. The summed E-state index contributed by atoms with van der Waals surface area (Å²) in [5.74, 6) is -0.536. The van der Waals surface area contributed by atoms with Crippen molar-refractivity contribution in [2.24, 2.45) is 0 Å². The number of hydrogen-bond acceptors (Lipinski definition) is 2. The van der Waals surface area contributed by atoms with E-state index >= 15 is 0 Å². The number of carbonyl (C=O) groups excluding carboxylic acids is 1. The lowest BCUT2D eigenvalue weighted by atomic mass is 10.2. The minimum Gasteiger partial charge on any atom is -0.506 e. The Hall–Kier alpha value is -1.42. The fraction of sp³-hybridized carbons (Fsp3) is 0. The first kappa shape index (κ1) is 14.0. The predicted molar refractivity (Wildman–Crippen MR) is 77.5 cm³/mol. The van der Waals surface area contributed by atoms with Gasteiger partial charge < -0.3 is 10.4 Å². The fourth-order valence-electron chi connectivity index (χ4n) is 1.46. The molecule has 2 rings (SSSR count). The molecule has 0 saturated heterocycles. The van der Waals surface area contributed by atoms with Gasteiger partial charge in [0.25, 0.3) is 5.91 Å². The van der Waals surface area contributed by atoms with Crippen molar-refractivity contribution in [1.29, 1.82) is 0 Å². The number of nitrogens with one attached hydrogen (secondary N) is 1. The molecule has 19 heavy (non-hydrogen) atoms. The van der Waals surface area contributed by atoms with E-state index in [-0.39, 0.29) is 16.3 Å². The summed E-state index contributed by atoms with van der Waals surface area (Å²) >= 11 is 17.4. The molecule has 0 fully saturated rings. The van der Waals surface area contributed by atoms with Crippen LogP contribution in [0, 0.1) is 0 Å². The largest absolute Gasteiger partial charge is 0.506 e. The standard InChI is InChI=1S/C13H8Cl3NO2/c14-7-1-3-10(15)9(5-7)13(19)17-8-2-4-11(16)12(18)6-8/h1-6,18H,(H,17,19). The van der Waals surface area contributed by atoms with Crippen molar-refractivity contribution in [3.05, 3.63) is 57.0 Å². The molecule has 0 heterocycles. The first-order valence-electron chi connectivity index (χ1n) is 5.22. The summed E-state index contributed by atoms with van der Waals surface area (Å²) in [5.41, 5.74) is 0.659. The van der Waals surface area contributed by atoms with Gasteiger partial charge in [0.1, 0.15) is 5.75 Å². The molecule has 98 valence electrons. The molecule has 6 heteroatoms. The molecule has 2 aromatic carbocycles. The van der Waals surface area contributed by atoms with Crippen molar-refractivity contribution in [3.8, 4) is 5.75 Å². The smallest absolute Gasteiger partial charge is 0.257 e. The number of carbonyl (C=O) groups is 1. The predicted octanol–water partition coefficient (Wildman–Crippen LogP) is 4.60. The van der Waals surface area contributed by atoms with Crippen LogP contribution in [0.4, 0.5) is 5.69 Å². The number of rotatable bonds is 2. The van der Waals surface area contributed by atoms with Crippen LogP contribution in [-0.2, 0) is 0 Å². The van der Waals surface area contributed by atoms with E-state index in [0.29, 0.717) is 15.7 Å². The highest BCUT2D eigenvalue weighted by Crippen LogP contribution is 2.27. The van der Waals surface area contributed by atoms with Gasteiger partial charge in [-0.25, -0.2) is 0 Å². The minimum atomic E-state index is -0.422. The van der Waals surface area contributed by atoms with Crippen LogP contribution in [0.2, 0.25) is 15.1 Å². The van der Waals surface area contributed by atoms with E-state index in [4.69, 9.17) is 34.8 Å². The highest BCUT2D eigenvalue weighted by molar-refractivity contribution is 6.36. The Morgan fingerprint density at radius 1 is 1.00 bits per heavy atom. The van der Waals surface area contributed by atoms with Crippen molar-refractivity contribution in [2.45, 2.75) is 0 Å². The third-order valence-corrected chi connectivity index (χ3v) is 3.26. The van der Waals surface area contributed by atoms with Gasteiger partial charge in [0.2, 0.25) is 0 Å². The van der Waals surface area contributed by atoms with Crippen LogP contribution in [0.3, 0.4) is 0 Å². The van der Waals surface area contributed by atoms with E-state index in [9.17, 15) is 9.90 Å². The molecule has 3 nitrogen and oxygen atoms in total. The Bertz CT molecular complexity index is 644. The number of halogens is 3. The maximum atomic E-state index is 12.0. The van der Waals surface area contributed by atoms with Crippen LogP contribution in [0.5, 0.6) is 5.75 Å². The lowest BCUT2D eigenvalue weighted by molar-refractivity contribution is 0.102. The van der Waals surface area contributed by atoms with Gasteiger partial charge in [0.15, 0.2) is 0 Å². The number of phenolic OH excluding ortho intramolecular Hbond substituents is 1. The van der Waals surface area contributed by atoms with E-state index in [1.54, 1.807) is 12.1 Å². The normalized spacial score (nSPS) is 10.3. The van der Waals surface area contributed by atoms with Gasteiger partial charge in [-0.3, -0.25) is 4.79 Å². The van der Waals surface area contributed by atoms with Crippen molar-refractivity contribution in [2.75, 3.05) is 5.32 Å². The zero-order valence-corrected chi connectivity index (χ0v) is 11.7. The van der Waals surface area contributed by atoms with Gasteiger partial charge in [-0.2, -0.15) is 0 Å². The van der Waals surface area contributed by atoms with Gasteiger partial charge in [-0.05, 0) is 30.3 Å². The first-order valence-corrected chi connectivity index (χ1v) is 6.35. The van der Waals surface area contributed by atoms with Gasteiger partial charge in [-0.1, -0.05) is 34.8 Å². The molecule has 0 aromatic heterocycles. The number of phenols is 1. The molecule has 0 bridgehead atoms. The highest BCUT2D eigenvalue weighted by Gasteiger charge is 2.12. The Labute approximate surface area is 124 Å². The van der Waals surface area contributed by atoms with Crippen LogP contribution in [0.1, 0.15) is 10.4 Å². The Kier molecular flexibility index (Phi) is 4.20. The van der Waals surface area contributed by atoms with E-state index in [2.05, 4.69) is 5.32 Å². The van der Waals surface area contributed by atoms with Crippen LogP contribution < -0.4 is 5.32 Å². The molecule has 0 saturated carbocycles. The molecule has 0 radical (unpaired) electrons. The molecular formula is C13H8Cl3NO2. The lowest BCUT2D eigenvalue weighted by Gasteiger charge is -2.08. The van der Waals surface area contributed by atoms with Crippen LogP contribution in [-0.4, -0.2) is 11.0 Å². The second kappa shape index (κ2) is 5.70. The summed E-state index contributed by atoms with van der Waals surface area (Å²) in [4.78, 5) is 12.0. The van der Waals surface area contributed by atoms with E-state index in [0.717, 1.165) is 0 Å². The Morgan fingerprint density at radius 3 is 2.37 bits per heavy atom. The number of benzene rings is 2. The van der Waals surface area contributed by atoms with E-state index in [1.165, 1.54) is 24.3 Å². The SMILES string of the molecule is O=C(Nc1ccc(Cl)c(O)c1)c1cc(Cl)ccc1Cl. The van der Waals surface area contributed by atoms with Crippen molar-refractivity contribution in [3.63, 3.8) is 0 Å². The third-order valence-electron chi connectivity index (χ3n) is 2.38. The Balaban J connectivity index is 2.25. The molecule has 1 amide bonds. The average Bonchev–Trinajstić information content (AvgIpc) is 2.36. The summed E-state index contributed by atoms with van der Waals surface area (Å²) < 4.78 is 0. The summed E-state index contributed by atoms with van der Waals surface area (Å²) in [5, 5.41) is 13.0. The molecular weight excluding hydrogens is 309 g/mol. The second-order valence-electron chi connectivity index (χ2n) is 3.74. The molecule has 2 aromatic rings. The monoisotopic (exact) mass is 315 g/mol. The number of hydrogen-bond donors (Lipinski definition) is 2. The van der Waals surface area contributed by atoms with Crippen LogP contribution >= 0.6 is 34.8 Å². The molecule has 2 N–H and O–H groups in total. The molecule has 0 spiro atoms. The quantitative estimate of drug-likeness (QED) is 0.850. The second-order valence-corrected chi connectivity index (χ2v) is 5.00. The highest BCUT2D eigenvalue weighted by atomic mass is 35.5. The van der Waals surface area contributed by atoms with Gasteiger partial charge in [-0.15, -0.1) is 0 Å². The summed E-state index contributed by atoms with van der Waals surface area (Å²) in [6.45, 7) is 0. The first-order chi connectivity index (χ1) is 8.97. The van der Waals surface area contributed by atoms with Crippen LogP contribution in [0.15, 0.2) is 36.4 Å². The topological polar surface area (TPSA) is 49.3 Å². The molecule has 0 unspecified atom stereocenters. The van der Waals surface area contributed by atoms with Crippen molar-refractivity contribution < 1.29 is 9.90 Å². The van der Waals surface area contributed by atoms with Gasteiger partial charge >= 0.3 is 0 Å². The molecule has 0 aliphatic carbocycles. The van der Waals surface area contributed by atoms with Gasteiger partial charge in [0, 0.05) is 16.8 Å². The summed E-state index contributed by atoms with van der Waals surface area (Å²) in [7, 11) is 0. The zero-order valence-electron chi connectivity index (χ0n) is 9.45. The maximum Gasteiger partial charge on any atom is 0.257 e. The minimum absolute atomic E-state index is 0.114. The van der Waals surface area contributed by atoms with Crippen LogP contribution in [0.25, 0.3) is 0 Å². The average molecular weight is 317 g/mol. The van der Waals surface area contributed by atoms with E-state index < -0.39 is 5.91 Å². The summed E-state index contributed by atoms with van der Waals surface area (Å²) in [6.07, 6.45) is 0.